The summed E-state index contributed by atoms with van der Waals surface area (Å²) >= 11 is 0. The van der Waals surface area contributed by atoms with Gasteiger partial charge in [-0.1, -0.05) is 44.0 Å². The molecule has 2 unspecified atom stereocenters. The number of rotatable bonds is 2. The normalized spacial score (nSPS) is 31.0. The maximum Gasteiger partial charge on any atom is 0.123 e. The quantitative estimate of drug-likeness (QED) is 0.579. The highest BCUT2D eigenvalue weighted by Gasteiger charge is 2.35. The second-order valence-corrected chi connectivity index (χ2v) is 7.87. The lowest BCUT2D eigenvalue weighted by molar-refractivity contribution is 0.116. The number of halogens is 1. The molecule has 122 valence electrons. The fourth-order valence-corrected chi connectivity index (χ4v) is 5.15. The second-order valence-electron chi connectivity index (χ2n) is 7.87. The Hall–Kier alpha value is -1.37. The topological polar surface area (TPSA) is 0 Å². The Morgan fingerprint density at radius 1 is 0.870 bits per heavy atom. The molecule has 0 heterocycles. The minimum Gasteiger partial charge on any atom is -0.207 e. The van der Waals surface area contributed by atoms with Crippen molar-refractivity contribution in [2.45, 2.75) is 57.8 Å². The largest absolute Gasteiger partial charge is 0.207 e. The van der Waals surface area contributed by atoms with Gasteiger partial charge in [-0.3, -0.25) is 0 Å². The average Bonchev–Trinajstić information content (AvgIpc) is 2.60. The highest BCUT2D eigenvalue weighted by molar-refractivity contribution is 5.83. The van der Waals surface area contributed by atoms with Gasteiger partial charge >= 0.3 is 0 Å². The first-order valence-corrected chi connectivity index (χ1v) is 9.42. The third kappa shape index (κ3) is 3.03. The average molecular weight is 310 g/mol. The van der Waals surface area contributed by atoms with Crippen LogP contribution < -0.4 is 0 Å². The summed E-state index contributed by atoms with van der Waals surface area (Å²) in [6.07, 6.45) is 9.85. The van der Waals surface area contributed by atoms with Crippen LogP contribution >= 0.6 is 0 Å². The van der Waals surface area contributed by atoms with Gasteiger partial charge in [0.05, 0.1) is 0 Å². The van der Waals surface area contributed by atoms with Crippen molar-refractivity contribution in [1.29, 1.82) is 0 Å². The smallest absolute Gasteiger partial charge is 0.123 e. The summed E-state index contributed by atoms with van der Waals surface area (Å²) in [5, 5.41) is 2.20. The van der Waals surface area contributed by atoms with E-state index in [4.69, 9.17) is 0 Å². The zero-order valence-corrected chi connectivity index (χ0v) is 14.1. The van der Waals surface area contributed by atoms with Crippen molar-refractivity contribution < 1.29 is 4.39 Å². The molecule has 0 spiro atoms. The maximum atomic E-state index is 13.3. The molecule has 2 fully saturated rings. The van der Waals surface area contributed by atoms with Crippen molar-refractivity contribution in [3.8, 4) is 0 Å². The van der Waals surface area contributed by atoms with Crippen LogP contribution in [-0.2, 0) is 0 Å². The van der Waals surface area contributed by atoms with Crippen molar-refractivity contribution >= 4 is 10.8 Å². The Bertz CT molecular complexity index is 689. The molecule has 0 amide bonds. The lowest BCUT2D eigenvalue weighted by atomic mass is 9.63. The lowest BCUT2D eigenvalue weighted by Crippen LogP contribution is -2.30. The monoisotopic (exact) mass is 310 g/mol. The van der Waals surface area contributed by atoms with Crippen molar-refractivity contribution in [2.75, 3.05) is 0 Å². The van der Waals surface area contributed by atoms with Gasteiger partial charge in [0.25, 0.3) is 0 Å². The van der Waals surface area contributed by atoms with Gasteiger partial charge in [-0.25, -0.2) is 4.39 Å². The number of fused-ring (bicyclic) bond motifs is 2. The van der Waals surface area contributed by atoms with E-state index in [1.807, 2.05) is 6.07 Å². The molecule has 4 atom stereocenters. The van der Waals surface area contributed by atoms with Crippen molar-refractivity contribution in [2.24, 2.45) is 17.8 Å². The van der Waals surface area contributed by atoms with E-state index in [-0.39, 0.29) is 5.82 Å². The molecule has 0 bridgehead atoms. The SMILES string of the molecule is CC[C@@H]1CC[C@@H]2CC(c3ccc4cc(F)ccc4c3)CCC2C1. The summed E-state index contributed by atoms with van der Waals surface area (Å²) in [5.74, 6) is 3.49. The summed E-state index contributed by atoms with van der Waals surface area (Å²) in [5.41, 5.74) is 1.47. The van der Waals surface area contributed by atoms with E-state index >= 15 is 0 Å². The summed E-state index contributed by atoms with van der Waals surface area (Å²) in [7, 11) is 0. The molecule has 2 saturated carbocycles. The van der Waals surface area contributed by atoms with Gasteiger partial charge in [0.15, 0.2) is 0 Å². The minimum absolute atomic E-state index is 0.140. The van der Waals surface area contributed by atoms with Crippen LogP contribution in [0.4, 0.5) is 4.39 Å². The molecule has 0 radical (unpaired) electrons. The van der Waals surface area contributed by atoms with Gasteiger partial charge in [0.1, 0.15) is 5.82 Å². The first kappa shape index (κ1) is 15.2. The molecule has 2 aromatic rings. The molecule has 2 aliphatic carbocycles. The van der Waals surface area contributed by atoms with Crippen LogP contribution in [0.15, 0.2) is 36.4 Å². The van der Waals surface area contributed by atoms with E-state index in [9.17, 15) is 4.39 Å². The summed E-state index contributed by atoms with van der Waals surface area (Å²) < 4.78 is 13.3. The van der Waals surface area contributed by atoms with Crippen molar-refractivity contribution in [1.82, 2.24) is 0 Å². The highest BCUT2D eigenvalue weighted by Crippen LogP contribution is 2.48. The molecule has 2 aromatic carbocycles. The Labute approximate surface area is 139 Å². The van der Waals surface area contributed by atoms with Crippen LogP contribution in [0.2, 0.25) is 0 Å². The Morgan fingerprint density at radius 3 is 2.48 bits per heavy atom. The molecular formula is C22H27F. The molecule has 4 rings (SSSR count). The summed E-state index contributed by atoms with van der Waals surface area (Å²) in [4.78, 5) is 0. The van der Waals surface area contributed by atoms with Crippen molar-refractivity contribution in [3.63, 3.8) is 0 Å². The predicted molar refractivity (Wildman–Crippen MR) is 95.1 cm³/mol. The zero-order chi connectivity index (χ0) is 15.8. The number of benzene rings is 2. The van der Waals surface area contributed by atoms with Crippen LogP contribution in [0.25, 0.3) is 10.8 Å². The first-order valence-electron chi connectivity index (χ1n) is 9.42. The van der Waals surface area contributed by atoms with E-state index in [0.717, 1.165) is 23.1 Å². The zero-order valence-electron chi connectivity index (χ0n) is 14.1. The minimum atomic E-state index is -0.140. The highest BCUT2D eigenvalue weighted by atomic mass is 19.1. The molecule has 2 aliphatic rings. The number of hydrogen-bond acceptors (Lipinski definition) is 0. The molecule has 0 N–H and O–H groups in total. The van der Waals surface area contributed by atoms with E-state index < -0.39 is 0 Å². The molecular weight excluding hydrogens is 283 g/mol. The molecule has 0 saturated heterocycles. The van der Waals surface area contributed by atoms with Crippen LogP contribution in [0, 0.1) is 23.6 Å². The predicted octanol–water partition coefficient (Wildman–Crippen LogP) is 6.69. The van der Waals surface area contributed by atoms with Gasteiger partial charge in [-0.2, -0.15) is 0 Å². The third-order valence-electron chi connectivity index (χ3n) is 6.60. The van der Waals surface area contributed by atoms with Gasteiger partial charge in [-0.15, -0.1) is 0 Å². The van der Waals surface area contributed by atoms with Crippen LogP contribution in [-0.4, -0.2) is 0 Å². The standard InChI is InChI=1S/C22H27F/c1-2-15-3-4-17-12-18(6-5-16(17)11-15)19-7-8-21-14-22(23)10-9-20(21)13-19/h7-10,13-18H,2-6,11-12H2,1H3/t15-,16?,17-,18?/m1/s1. The Balaban J connectivity index is 1.52. The fraction of sp³-hybridized carbons (Fsp3) is 0.545. The summed E-state index contributed by atoms with van der Waals surface area (Å²) in [6.45, 7) is 2.36. The van der Waals surface area contributed by atoms with Gasteiger partial charge in [0.2, 0.25) is 0 Å². The van der Waals surface area contributed by atoms with Gasteiger partial charge in [0, 0.05) is 0 Å². The van der Waals surface area contributed by atoms with Gasteiger partial charge < -0.3 is 0 Å². The van der Waals surface area contributed by atoms with E-state index in [1.165, 1.54) is 55.9 Å². The second kappa shape index (κ2) is 6.26. The number of hydrogen-bond donors (Lipinski definition) is 0. The summed E-state index contributed by atoms with van der Waals surface area (Å²) in [6, 6.07) is 11.8. The molecule has 23 heavy (non-hydrogen) atoms. The Kier molecular flexibility index (Phi) is 4.13. The molecule has 0 aromatic heterocycles. The van der Waals surface area contributed by atoms with Crippen LogP contribution in [0.3, 0.4) is 0 Å². The lowest BCUT2D eigenvalue weighted by Gasteiger charge is -2.42. The molecule has 0 aliphatic heterocycles. The Morgan fingerprint density at radius 2 is 1.61 bits per heavy atom. The van der Waals surface area contributed by atoms with E-state index in [2.05, 4.69) is 25.1 Å². The molecule has 1 heteroatoms. The first-order chi connectivity index (χ1) is 11.2. The van der Waals surface area contributed by atoms with Crippen molar-refractivity contribution in [3.05, 3.63) is 47.8 Å². The van der Waals surface area contributed by atoms with Gasteiger partial charge in [-0.05, 0) is 84.2 Å². The maximum absolute atomic E-state index is 13.3. The third-order valence-corrected chi connectivity index (χ3v) is 6.60. The van der Waals surface area contributed by atoms with Crippen LogP contribution in [0.5, 0.6) is 0 Å². The molecule has 0 nitrogen and oxygen atoms in total. The fourth-order valence-electron chi connectivity index (χ4n) is 5.15. The van der Waals surface area contributed by atoms with E-state index in [1.54, 1.807) is 12.1 Å². The van der Waals surface area contributed by atoms with Crippen LogP contribution in [0.1, 0.15) is 63.4 Å². The van der Waals surface area contributed by atoms with E-state index in [0.29, 0.717) is 5.92 Å².